The van der Waals surface area contributed by atoms with Gasteiger partial charge in [0, 0.05) is 13.5 Å². The molecule has 62 valence electrons. The van der Waals surface area contributed by atoms with Crippen LogP contribution in [0.25, 0.3) is 0 Å². The monoisotopic (exact) mass is 156 g/mol. The fourth-order valence-electron chi connectivity index (χ4n) is 0.647. The number of ether oxygens (including phenoxy) is 1. The van der Waals surface area contributed by atoms with Gasteiger partial charge in [-0.15, -0.1) is 0 Å². The maximum atomic E-state index is 12.3. The lowest BCUT2D eigenvalue weighted by atomic mass is 10.2. The van der Waals surface area contributed by atoms with E-state index < -0.39 is 25.1 Å². The molecule has 0 aliphatic heterocycles. The molecule has 0 N–H and O–H groups in total. The van der Waals surface area contributed by atoms with E-state index in [1.807, 2.05) is 0 Å². The Morgan fingerprint density at radius 2 is 1.80 bits per heavy atom. The minimum Gasteiger partial charge on any atom is -0.378 e. The Kier molecular flexibility index (Phi) is 4.43. The molecule has 0 aromatic heterocycles. The molecule has 2 unspecified atom stereocenters. The van der Waals surface area contributed by atoms with Crippen LogP contribution in [0.5, 0.6) is 0 Å². The first-order valence-corrected chi connectivity index (χ1v) is 3.03. The van der Waals surface area contributed by atoms with Crippen LogP contribution in [0.1, 0.15) is 13.3 Å². The number of rotatable bonds is 4. The van der Waals surface area contributed by atoms with Gasteiger partial charge in [-0.25, -0.2) is 13.2 Å². The van der Waals surface area contributed by atoms with Crippen LogP contribution >= 0.6 is 0 Å². The number of methoxy groups -OCH3 is 1. The molecule has 0 aromatic rings. The fraction of sp³-hybridized carbons (Fsp3) is 1.00. The van der Waals surface area contributed by atoms with Crippen molar-refractivity contribution in [2.75, 3.05) is 7.11 Å². The first-order chi connectivity index (χ1) is 4.57. The quantitative estimate of drug-likeness (QED) is 0.605. The van der Waals surface area contributed by atoms with Crippen LogP contribution in [0.3, 0.4) is 0 Å². The molecule has 0 radical (unpaired) electrons. The third-order valence-electron chi connectivity index (χ3n) is 1.23. The first kappa shape index (κ1) is 9.75. The second-order valence-corrected chi connectivity index (χ2v) is 2.08. The van der Waals surface area contributed by atoms with E-state index in [1.165, 1.54) is 14.0 Å². The molecule has 0 spiro atoms. The third kappa shape index (κ3) is 3.71. The largest absolute Gasteiger partial charge is 0.378 e. The Morgan fingerprint density at radius 3 is 1.90 bits per heavy atom. The maximum absolute atomic E-state index is 12.3. The van der Waals surface area contributed by atoms with Gasteiger partial charge in [0.1, 0.15) is 6.17 Å². The molecule has 0 aliphatic carbocycles. The Bertz CT molecular complexity index is 85.1. The summed E-state index contributed by atoms with van der Waals surface area (Å²) in [5, 5.41) is 0. The summed E-state index contributed by atoms with van der Waals surface area (Å²) in [4.78, 5) is 0. The van der Waals surface area contributed by atoms with E-state index in [-0.39, 0.29) is 0 Å². The van der Waals surface area contributed by atoms with Crippen molar-refractivity contribution in [3.8, 4) is 0 Å². The Labute approximate surface area is 58.2 Å². The minimum atomic E-state index is -2.50. The molecule has 0 heterocycles. The molecule has 4 heteroatoms. The molecular formula is C6H11F3O. The van der Waals surface area contributed by atoms with E-state index in [9.17, 15) is 13.2 Å². The molecule has 10 heavy (non-hydrogen) atoms. The lowest BCUT2D eigenvalue weighted by Crippen LogP contribution is -2.24. The van der Waals surface area contributed by atoms with Gasteiger partial charge in [-0.05, 0) is 6.92 Å². The van der Waals surface area contributed by atoms with Gasteiger partial charge in [0.25, 0.3) is 0 Å². The Balaban J connectivity index is 3.60. The molecule has 0 fully saturated rings. The van der Waals surface area contributed by atoms with Crippen molar-refractivity contribution >= 4 is 0 Å². The van der Waals surface area contributed by atoms with Gasteiger partial charge in [-0.2, -0.15) is 0 Å². The van der Waals surface area contributed by atoms with Crippen molar-refractivity contribution in [2.24, 2.45) is 0 Å². The van der Waals surface area contributed by atoms with Gasteiger partial charge < -0.3 is 4.74 Å². The first-order valence-electron chi connectivity index (χ1n) is 3.03. The predicted octanol–water partition coefficient (Wildman–Crippen LogP) is 2.01. The average molecular weight is 156 g/mol. The summed E-state index contributed by atoms with van der Waals surface area (Å²) < 4.78 is 39.9. The van der Waals surface area contributed by atoms with Crippen LogP contribution in [0.4, 0.5) is 13.2 Å². The molecule has 0 saturated carbocycles. The normalized spacial score (nSPS) is 17.4. The standard InChI is InChI=1S/C6H11F3O/c1-4(7)5(10-2)3-6(8)9/h4-6H,3H2,1-2H3. The van der Waals surface area contributed by atoms with E-state index >= 15 is 0 Å². The predicted molar refractivity (Wildman–Crippen MR) is 32.0 cm³/mol. The lowest BCUT2D eigenvalue weighted by Gasteiger charge is -2.15. The summed E-state index contributed by atoms with van der Waals surface area (Å²) in [7, 11) is 1.23. The molecule has 0 aliphatic rings. The molecule has 2 atom stereocenters. The molecule has 1 nitrogen and oxygen atoms in total. The van der Waals surface area contributed by atoms with E-state index in [1.54, 1.807) is 0 Å². The van der Waals surface area contributed by atoms with Gasteiger partial charge >= 0.3 is 0 Å². The summed E-state index contributed by atoms with van der Waals surface area (Å²) in [6, 6.07) is 0. The number of hydrogen-bond donors (Lipinski definition) is 0. The van der Waals surface area contributed by atoms with Crippen LogP contribution < -0.4 is 0 Å². The molecule has 0 bridgehead atoms. The number of hydrogen-bond acceptors (Lipinski definition) is 1. The number of halogens is 3. The summed E-state index contributed by atoms with van der Waals surface area (Å²) >= 11 is 0. The topological polar surface area (TPSA) is 9.23 Å². The van der Waals surface area contributed by atoms with Crippen molar-refractivity contribution < 1.29 is 17.9 Å². The highest BCUT2D eigenvalue weighted by Gasteiger charge is 2.20. The van der Waals surface area contributed by atoms with Crippen molar-refractivity contribution in [1.29, 1.82) is 0 Å². The highest BCUT2D eigenvalue weighted by Crippen LogP contribution is 2.12. The highest BCUT2D eigenvalue weighted by molar-refractivity contribution is 4.65. The van der Waals surface area contributed by atoms with E-state index in [2.05, 4.69) is 4.74 Å². The Morgan fingerprint density at radius 1 is 1.30 bits per heavy atom. The van der Waals surface area contributed by atoms with Gasteiger partial charge in [-0.1, -0.05) is 0 Å². The van der Waals surface area contributed by atoms with Gasteiger partial charge in [0.2, 0.25) is 6.43 Å². The SMILES string of the molecule is COC(CC(F)F)C(C)F. The zero-order chi connectivity index (χ0) is 8.15. The van der Waals surface area contributed by atoms with Crippen LogP contribution in [0.15, 0.2) is 0 Å². The van der Waals surface area contributed by atoms with Crippen molar-refractivity contribution in [1.82, 2.24) is 0 Å². The number of alkyl halides is 3. The average Bonchev–Trinajstić information content (AvgIpc) is 1.81. The summed E-state index contributed by atoms with van der Waals surface area (Å²) in [6.45, 7) is 1.20. The van der Waals surface area contributed by atoms with Crippen molar-refractivity contribution in [3.05, 3.63) is 0 Å². The second kappa shape index (κ2) is 4.55. The molecule has 0 aromatic carbocycles. The molecule has 0 rings (SSSR count). The summed E-state index contributed by atoms with van der Waals surface area (Å²) in [5.41, 5.74) is 0. The van der Waals surface area contributed by atoms with Crippen molar-refractivity contribution in [3.63, 3.8) is 0 Å². The van der Waals surface area contributed by atoms with Crippen molar-refractivity contribution in [2.45, 2.75) is 32.0 Å². The van der Waals surface area contributed by atoms with Crippen LogP contribution in [-0.4, -0.2) is 25.8 Å². The van der Waals surface area contributed by atoms with Crippen LogP contribution in [0, 0.1) is 0 Å². The fourth-order valence-corrected chi connectivity index (χ4v) is 0.647. The van der Waals surface area contributed by atoms with Crippen LogP contribution in [-0.2, 0) is 4.74 Å². The van der Waals surface area contributed by atoms with E-state index in [4.69, 9.17) is 0 Å². The van der Waals surface area contributed by atoms with Gasteiger partial charge in [0.05, 0.1) is 6.10 Å². The summed E-state index contributed by atoms with van der Waals surface area (Å²) in [5.74, 6) is 0. The molecule has 0 amide bonds. The van der Waals surface area contributed by atoms with Gasteiger partial charge in [0.15, 0.2) is 0 Å². The second-order valence-electron chi connectivity index (χ2n) is 2.08. The highest BCUT2D eigenvalue weighted by atomic mass is 19.3. The molecule has 0 saturated heterocycles. The minimum absolute atomic E-state index is 0.534. The van der Waals surface area contributed by atoms with Gasteiger partial charge in [-0.3, -0.25) is 0 Å². The van der Waals surface area contributed by atoms with E-state index in [0.29, 0.717) is 0 Å². The third-order valence-corrected chi connectivity index (χ3v) is 1.23. The summed E-state index contributed by atoms with van der Waals surface area (Å²) in [6.07, 6.45) is -5.34. The maximum Gasteiger partial charge on any atom is 0.241 e. The van der Waals surface area contributed by atoms with Crippen LogP contribution in [0.2, 0.25) is 0 Å². The smallest absolute Gasteiger partial charge is 0.241 e. The molecular weight excluding hydrogens is 145 g/mol. The zero-order valence-corrected chi connectivity index (χ0v) is 5.98. The zero-order valence-electron chi connectivity index (χ0n) is 5.98. The lowest BCUT2D eigenvalue weighted by molar-refractivity contribution is -0.00850. The Hall–Kier alpha value is -0.250. The van der Waals surface area contributed by atoms with E-state index in [0.717, 1.165) is 0 Å².